The molecular formula is C21H31NO4. The summed E-state index contributed by atoms with van der Waals surface area (Å²) in [4.78, 5) is 26.4. The fourth-order valence-corrected chi connectivity index (χ4v) is 3.32. The van der Waals surface area contributed by atoms with Crippen molar-refractivity contribution in [2.24, 2.45) is 0 Å². The van der Waals surface area contributed by atoms with Gasteiger partial charge in [0.05, 0.1) is 5.56 Å². The molecule has 144 valence electrons. The number of benzene rings is 1. The monoisotopic (exact) mass is 361 g/mol. The Morgan fingerprint density at radius 3 is 2.08 bits per heavy atom. The Balaban J connectivity index is 1.98. The summed E-state index contributed by atoms with van der Waals surface area (Å²) in [5, 5.41) is 0. The Labute approximate surface area is 156 Å². The minimum Gasteiger partial charge on any atom is -0.455 e. The van der Waals surface area contributed by atoms with Crippen molar-refractivity contribution < 1.29 is 19.1 Å². The van der Waals surface area contributed by atoms with Crippen molar-refractivity contribution in [3.05, 3.63) is 35.4 Å². The van der Waals surface area contributed by atoms with Gasteiger partial charge in [-0.1, -0.05) is 25.5 Å². The Morgan fingerprint density at radius 1 is 0.962 bits per heavy atom. The van der Waals surface area contributed by atoms with E-state index in [2.05, 4.69) is 6.92 Å². The minimum atomic E-state index is -0.369. The molecular weight excluding hydrogens is 330 g/mol. The lowest BCUT2D eigenvalue weighted by Crippen LogP contribution is -2.41. The van der Waals surface area contributed by atoms with Gasteiger partial charge in [0.2, 0.25) is 0 Å². The number of nitrogens with zero attached hydrogens (tertiary/aromatic N) is 1. The fraction of sp³-hybridized carbons (Fsp3) is 0.619. The maximum Gasteiger partial charge on any atom is 0.410 e. The molecule has 2 unspecified atom stereocenters. The van der Waals surface area contributed by atoms with E-state index in [-0.39, 0.29) is 24.3 Å². The SMILES string of the molecule is CCCc1ccc(C(=O)OC2CCCCC2OC(=O)N(CC)CC)cc1. The van der Waals surface area contributed by atoms with Crippen LogP contribution in [0.15, 0.2) is 24.3 Å². The van der Waals surface area contributed by atoms with E-state index in [1.807, 2.05) is 38.1 Å². The molecule has 0 bridgehead atoms. The van der Waals surface area contributed by atoms with Gasteiger partial charge < -0.3 is 14.4 Å². The van der Waals surface area contributed by atoms with Crippen molar-refractivity contribution in [1.29, 1.82) is 0 Å². The second-order valence-corrected chi connectivity index (χ2v) is 6.77. The van der Waals surface area contributed by atoms with Gasteiger partial charge in [0, 0.05) is 13.1 Å². The average Bonchev–Trinajstić information content (AvgIpc) is 2.65. The molecule has 26 heavy (non-hydrogen) atoms. The number of esters is 1. The van der Waals surface area contributed by atoms with Crippen LogP contribution >= 0.6 is 0 Å². The highest BCUT2D eigenvalue weighted by Gasteiger charge is 2.32. The molecule has 1 saturated carbocycles. The average molecular weight is 361 g/mol. The molecule has 0 spiro atoms. The van der Waals surface area contributed by atoms with Gasteiger partial charge in [-0.3, -0.25) is 0 Å². The molecule has 0 N–H and O–H groups in total. The van der Waals surface area contributed by atoms with E-state index in [0.29, 0.717) is 18.7 Å². The van der Waals surface area contributed by atoms with Gasteiger partial charge in [0.25, 0.3) is 0 Å². The van der Waals surface area contributed by atoms with E-state index in [0.717, 1.165) is 38.5 Å². The normalized spacial score (nSPS) is 19.7. The standard InChI is InChI=1S/C21H31NO4/c1-4-9-16-12-14-17(15-13-16)20(23)25-18-10-7-8-11-19(18)26-21(24)22(5-2)6-3/h12-15,18-19H,4-11H2,1-3H3. The highest BCUT2D eigenvalue weighted by Crippen LogP contribution is 2.25. The lowest BCUT2D eigenvalue weighted by molar-refractivity contribution is -0.0497. The zero-order valence-corrected chi connectivity index (χ0v) is 16.2. The van der Waals surface area contributed by atoms with Crippen LogP contribution in [0.5, 0.6) is 0 Å². The fourth-order valence-electron chi connectivity index (χ4n) is 3.32. The van der Waals surface area contributed by atoms with Crippen molar-refractivity contribution in [1.82, 2.24) is 4.90 Å². The molecule has 1 aromatic rings. The zero-order valence-electron chi connectivity index (χ0n) is 16.2. The third kappa shape index (κ3) is 5.48. The van der Waals surface area contributed by atoms with Crippen LogP contribution in [0.1, 0.15) is 68.8 Å². The van der Waals surface area contributed by atoms with Crippen molar-refractivity contribution in [3.8, 4) is 0 Å². The second-order valence-electron chi connectivity index (χ2n) is 6.77. The first kappa shape index (κ1) is 20.3. The van der Waals surface area contributed by atoms with Crippen LogP contribution in [0.4, 0.5) is 4.79 Å². The first-order valence-electron chi connectivity index (χ1n) is 9.84. The highest BCUT2D eigenvalue weighted by atomic mass is 16.6. The van der Waals surface area contributed by atoms with E-state index < -0.39 is 0 Å². The largest absolute Gasteiger partial charge is 0.455 e. The minimum absolute atomic E-state index is 0.327. The Kier molecular flexibility index (Phi) is 7.95. The number of rotatable bonds is 7. The molecule has 5 nitrogen and oxygen atoms in total. The van der Waals surface area contributed by atoms with Gasteiger partial charge in [-0.05, 0) is 63.6 Å². The van der Waals surface area contributed by atoms with Gasteiger partial charge in [-0.2, -0.15) is 0 Å². The molecule has 0 saturated heterocycles. The molecule has 1 fully saturated rings. The summed E-state index contributed by atoms with van der Waals surface area (Å²) < 4.78 is 11.3. The van der Waals surface area contributed by atoms with E-state index in [1.165, 1.54) is 5.56 Å². The van der Waals surface area contributed by atoms with Gasteiger partial charge in [-0.25, -0.2) is 9.59 Å². The van der Waals surface area contributed by atoms with Crippen LogP contribution in [0, 0.1) is 0 Å². The quantitative estimate of drug-likeness (QED) is 0.667. The van der Waals surface area contributed by atoms with E-state index >= 15 is 0 Å². The summed E-state index contributed by atoms with van der Waals surface area (Å²) in [6.45, 7) is 7.19. The third-order valence-electron chi connectivity index (χ3n) is 4.90. The summed E-state index contributed by atoms with van der Waals surface area (Å²) >= 11 is 0. The zero-order chi connectivity index (χ0) is 18.9. The number of hydrogen-bond acceptors (Lipinski definition) is 4. The molecule has 0 heterocycles. The summed E-state index contributed by atoms with van der Waals surface area (Å²) in [5.74, 6) is -0.344. The molecule has 2 rings (SSSR count). The predicted octanol–water partition coefficient (Wildman–Crippen LogP) is 4.59. The van der Waals surface area contributed by atoms with E-state index in [4.69, 9.17) is 9.47 Å². The van der Waals surface area contributed by atoms with Crippen LogP contribution in [0.3, 0.4) is 0 Å². The molecule has 0 aliphatic heterocycles. The van der Waals surface area contributed by atoms with Crippen LogP contribution < -0.4 is 0 Å². The first-order chi connectivity index (χ1) is 12.6. The number of carbonyl (C=O) groups is 2. The van der Waals surface area contributed by atoms with Crippen LogP contribution in [-0.4, -0.2) is 42.3 Å². The number of aryl methyl sites for hydroxylation is 1. The van der Waals surface area contributed by atoms with Gasteiger partial charge in [0.1, 0.15) is 12.2 Å². The van der Waals surface area contributed by atoms with Crippen LogP contribution in [-0.2, 0) is 15.9 Å². The summed E-state index contributed by atoms with van der Waals surface area (Å²) in [6.07, 6.45) is 4.45. The Hall–Kier alpha value is -2.04. The Bertz CT molecular complexity index is 580. The third-order valence-corrected chi connectivity index (χ3v) is 4.90. The molecule has 5 heteroatoms. The summed E-state index contributed by atoms with van der Waals surface area (Å²) in [7, 11) is 0. The number of hydrogen-bond donors (Lipinski definition) is 0. The van der Waals surface area contributed by atoms with Gasteiger partial charge in [0.15, 0.2) is 0 Å². The van der Waals surface area contributed by atoms with Gasteiger partial charge in [-0.15, -0.1) is 0 Å². The van der Waals surface area contributed by atoms with Crippen LogP contribution in [0.2, 0.25) is 0 Å². The summed E-state index contributed by atoms with van der Waals surface area (Å²) in [5.41, 5.74) is 1.76. The predicted molar refractivity (Wildman–Crippen MR) is 101 cm³/mol. The Morgan fingerprint density at radius 2 is 1.54 bits per heavy atom. The topological polar surface area (TPSA) is 55.8 Å². The lowest BCUT2D eigenvalue weighted by Gasteiger charge is -2.32. The van der Waals surface area contributed by atoms with Crippen LogP contribution in [0.25, 0.3) is 0 Å². The molecule has 1 aliphatic carbocycles. The van der Waals surface area contributed by atoms with Gasteiger partial charge >= 0.3 is 12.1 Å². The summed E-state index contributed by atoms with van der Waals surface area (Å²) in [6, 6.07) is 7.57. The first-order valence-corrected chi connectivity index (χ1v) is 9.84. The highest BCUT2D eigenvalue weighted by molar-refractivity contribution is 5.89. The second kappa shape index (κ2) is 10.2. The number of ether oxygens (including phenoxy) is 2. The molecule has 1 aromatic carbocycles. The van der Waals surface area contributed by atoms with E-state index in [1.54, 1.807) is 4.90 Å². The van der Waals surface area contributed by atoms with E-state index in [9.17, 15) is 9.59 Å². The molecule has 2 atom stereocenters. The number of amides is 1. The maximum absolute atomic E-state index is 12.5. The van der Waals surface area contributed by atoms with Crippen molar-refractivity contribution in [2.45, 2.75) is 71.5 Å². The van der Waals surface area contributed by atoms with Crippen molar-refractivity contribution in [2.75, 3.05) is 13.1 Å². The van der Waals surface area contributed by atoms with Crippen molar-refractivity contribution >= 4 is 12.1 Å². The maximum atomic E-state index is 12.5. The van der Waals surface area contributed by atoms with Crippen molar-refractivity contribution in [3.63, 3.8) is 0 Å². The molecule has 1 amide bonds. The number of carbonyl (C=O) groups excluding carboxylic acids is 2. The molecule has 0 aromatic heterocycles. The lowest BCUT2D eigenvalue weighted by atomic mass is 9.94. The molecule has 1 aliphatic rings. The molecule has 0 radical (unpaired) electrons. The smallest absolute Gasteiger partial charge is 0.410 e.